The molecule has 0 saturated heterocycles. The van der Waals surface area contributed by atoms with Crippen LogP contribution in [0.1, 0.15) is 15.9 Å². The minimum Gasteiger partial charge on any atom is -0.497 e. The molecule has 1 N–H and O–H groups in total. The van der Waals surface area contributed by atoms with Crippen molar-refractivity contribution in [1.82, 2.24) is 19.9 Å². The SMILES string of the molecule is COc1cccc(C(=O)NCc2ccc(-n3ccnc3)nc2)c1. The van der Waals surface area contributed by atoms with Gasteiger partial charge in [-0.15, -0.1) is 0 Å². The van der Waals surface area contributed by atoms with Gasteiger partial charge in [-0.2, -0.15) is 0 Å². The largest absolute Gasteiger partial charge is 0.497 e. The van der Waals surface area contributed by atoms with Crippen LogP contribution in [0.2, 0.25) is 0 Å². The van der Waals surface area contributed by atoms with Gasteiger partial charge in [0, 0.05) is 30.7 Å². The van der Waals surface area contributed by atoms with Crippen molar-refractivity contribution in [2.75, 3.05) is 7.11 Å². The zero-order valence-corrected chi connectivity index (χ0v) is 12.6. The molecule has 0 radical (unpaired) electrons. The van der Waals surface area contributed by atoms with Crippen LogP contribution < -0.4 is 10.1 Å². The molecule has 0 fully saturated rings. The van der Waals surface area contributed by atoms with Crippen molar-refractivity contribution >= 4 is 5.91 Å². The number of ether oxygens (including phenoxy) is 1. The van der Waals surface area contributed by atoms with Crippen molar-refractivity contribution in [3.63, 3.8) is 0 Å². The van der Waals surface area contributed by atoms with Gasteiger partial charge in [0.2, 0.25) is 0 Å². The maximum Gasteiger partial charge on any atom is 0.251 e. The van der Waals surface area contributed by atoms with E-state index in [9.17, 15) is 4.79 Å². The summed E-state index contributed by atoms with van der Waals surface area (Å²) in [5.41, 5.74) is 1.48. The van der Waals surface area contributed by atoms with E-state index in [0.717, 1.165) is 11.4 Å². The van der Waals surface area contributed by atoms with Crippen LogP contribution in [0.4, 0.5) is 0 Å². The third kappa shape index (κ3) is 3.55. The lowest BCUT2D eigenvalue weighted by Crippen LogP contribution is -2.22. The van der Waals surface area contributed by atoms with Gasteiger partial charge < -0.3 is 10.1 Å². The Balaban J connectivity index is 1.62. The zero-order chi connectivity index (χ0) is 16.1. The average Bonchev–Trinajstić information content (AvgIpc) is 3.15. The standard InChI is InChI=1S/C17H16N4O2/c1-23-15-4-2-3-14(9-15)17(22)20-11-13-5-6-16(19-10-13)21-8-7-18-12-21/h2-10,12H,11H2,1H3,(H,20,22). The number of imidazole rings is 1. The molecule has 0 unspecified atom stereocenters. The van der Waals surface area contributed by atoms with Crippen molar-refractivity contribution in [2.45, 2.75) is 6.54 Å². The minimum absolute atomic E-state index is 0.150. The Morgan fingerprint density at radius 1 is 1.30 bits per heavy atom. The third-order valence-electron chi connectivity index (χ3n) is 3.36. The number of carbonyl (C=O) groups is 1. The number of rotatable bonds is 5. The van der Waals surface area contributed by atoms with Gasteiger partial charge in [-0.05, 0) is 29.8 Å². The first-order valence-corrected chi connectivity index (χ1v) is 7.12. The first-order valence-electron chi connectivity index (χ1n) is 7.12. The fourth-order valence-electron chi connectivity index (χ4n) is 2.12. The molecule has 1 amide bonds. The van der Waals surface area contributed by atoms with Gasteiger partial charge in [-0.25, -0.2) is 9.97 Å². The van der Waals surface area contributed by atoms with Crippen LogP contribution in [0.15, 0.2) is 61.3 Å². The molecular weight excluding hydrogens is 292 g/mol. The lowest BCUT2D eigenvalue weighted by molar-refractivity contribution is 0.0950. The highest BCUT2D eigenvalue weighted by Crippen LogP contribution is 2.12. The van der Waals surface area contributed by atoms with E-state index in [2.05, 4.69) is 15.3 Å². The Kier molecular flexibility index (Phi) is 4.33. The van der Waals surface area contributed by atoms with Crippen molar-refractivity contribution < 1.29 is 9.53 Å². The fourth-order valence-corrected chi connectivity index (χ4v) is 2.12. The van der Waals surface area contributed by atoms with Crippen molar-refractivity contribution in [3.05, 3.63) is 72.4 Å². The van der Waals surface area contributed by atoms with E-state index in [1.807, 2.05) is 22.9 Å². The molecule has 6 nitrogen and oxygen atoms in total. The van der Waals surface area contributed by atoms with E-state index >= 15 is 0 Å². The summed E-state index contributed by atoms with van der Waals surface area (Å²) < 4.78 is 6.94. The van der Waals surface area contributed by atoms with Crippen LogP contribution in [0.3, 0.4) is 0 Å². The highest BCUT2D eigenvalue weighted by Gasteiger charge is 2.06. The van der Waals surface area contributed by atoms with Gasteiger partial charge in [0.25, 0.3) is 5.91 Å². The number of amides is 1. The first-order chi connectivity index (χ1) is 11.3. The summed E-state index contributed by atoms with van der Waals surface area (Å²) in [5.74, 6) is 1.29. The van der Waals surface area contributed by atoms with Gasteiger partial charge in [-0.3, -0.25) is 9.36 Å². The maximum absolute atomic E-state index is 12.1. The van der Waals surface area contributed by atoms with Crippen LogP contribution in [0, 0.1) is 0 Å². The number of carbonyl (C=O) groups excluding carboxylic acids is 1. The summed E-state index contributed by atoms with van der Waals surface area (Å²) in [6.45, 7) is 0.410. The molecule has 2 heterocycles. The number of aromatic nitrogens is 3. The number of benzene rings is 1. The van der Waals surface area contributed by atoms with Crippen LogP contribution in [0.25, 0.3) is 5.82 Å². The number of hydrogen-bond donors (Lipinski definition) is 1. The molecule has 2 aromatic heterocycles. The molecule has 3 rings (SSSR count). The second-order valence-electron chi connectivity index (χ2n) is 4.91. The van der Waals surface area contributed by atoms with Crippen LogP contribution in [-0.2, 0) is 6.54 Å². The Morgan fingerprint density at radius 2 is 2.22 bits per heavy atom. The number of nitrogens with one attached hydrogen (secondary N) is 1. The average molecular weight is 308 g/mol. The molecule has 0 aliphatic heterocycles. The highest BCUT2D eigenvalue weighted by atomic mass is 16.5. The van der Waals surface area contributed by atoms with Crippen molar-refractivity contribution in [3.8, 4) is 11.6 Å². The van der Waals surface area contributed by atoms with E-state index in [4.69, 9.17) is 4.74 Å². The molecular formula is C17H16N4O2. The molecule has 0 bridgehead atoms. The Morgan fingerprint density at radius 3 is 2.91 bits per heavy atom. The Hall–Kier alpha value is -3.15. The second kappa shape index (κ2) is 6.74. The van der Waals surface area contributed by atoms with Gasteiger partial charge in [-0.1, -0.05) is 12.1 Å². The van der Waals surface area contributed by atoms with E-state index < -0.39 is 0 Å². The Bertz CT molecular complexity index is 783. The van der Waals surface area contributed by atoms with Gasteiger partial charge in [0.15, 0.2) is 0 Å². The monoisotopic (exact) mass is 308 g/mol. The summed E-state index contributed by atoms with van der Waals surface area (Å²) in [5, 5.41) is 2.87. The van der Waals surface area contributed by atoms with E-state index in [0.29, 0.717) is 17.9 Å². The molecule has 0 aliphatic rings. The lowest BCUT2D eigenvalue weighted by Gasteiger charge is -2.07. The number of nitrogens with zero attached hydrogens (tertiary/aromatic N) is 3. The minimum atomic E-state index is -0.150. The summed E-state index contributed by atoms with van der Waals surface area (Å²) in [7, 11) is 1.57. The van der Waals surface area contributed by atoms with E-state index in [1.165, 1.54) is 0 Å². The molecule has 0 spiro atoms. The van der Waals surface area contributed by atoms with Gasteiger partial charge in [0.05, 0.1) is 7.11 Å². The normalized spacial score (nSPS) is 10.3. The van der Waals surface area contributed by atoms with Crippen LogP contribution >= 0.6 is 0 Å². The lowest BCUT2D eigenvalue weighted by atomic mass is 10.2. The molecule has 0 atom stereocenters. The summed E-state index contributed by atoms with van der Waals surface area (Å²) in [6.07, 6.45) is 6.95. The molecule has 0 aliphatic carbocycles. The van der Waals surface area contributed by atoms with Crippen molar-refractivity contribution in [1.29, 1.82) is 0 Å². The number of hydrogen-bond acceptors (Lipinski definition) is 4. The molecule has 23 heavy (non-hydrogen) atoms. The highest BCUT2D eigenvalue weighted by molar-refractivity contribution is 5.94. The van der Waals surface area contributed by atoms with Crippen LogP contribution in [-0.4, -0.2) is 27.6 Å². The topological polar surface area (TPSA) is 69.0 Å². The van der Waals surface area contributed by atoms with Gasteiger partial charge in [0.1, 0.15) is 17.9 Å². The number of methoxy groups -OCH3 is 1. The van der Waals surface area contributed by atoms with Crippen LogP contribution in [0.5, 0.6) is 5.75 Å². The second-order valence-corrected chi connectivity index (χ2v) is 4.91. The number of pyridine rings is 1. The molecule has 6 heteroatoms. The third-order valence-corrected chi connectivity index (χ3v) is 3.36. The Labute approximate surface area is 133 Å². The van der Waals surface area contributed by atoms with Crippen molar-refractivity contribution in [2.24, 2.45) is 0 Å². The van der Waals surface area contributed by atoms with E-state index in [1.54, 1.807) is 50.1 Å². The smallest absolute Gasteiger partial charge is 0.251 e. The first kappa shape index (κ1) is 14.8. The predicted molar refractivity (Wildman–Crippen MR) is 85.5 cm³/mol. The van der Waals surface area contributed by atoms with E-state index in [-0.39, 0.29) is 5.91 Å². The fraction of sp³-hybridized carbons (Fsp3) is 0.118. The summed E-state index contributed by atoms with van der Waals surface area (Å²) >= 11 is 0. The summed E-state index contributed by atoms with van der Waals surface area (Å²) in [6, 6.07) is 10.8. The molecule has 1 aromatic carbocycles. The molecule has 0 saturated carbocycles. The molecule has 116 valence electrons. The molecule has 3 aromatic rings. The summed E-state index contributed by atoms with van der Waals surface area (Å²) in [4.78, 5) is 20.5. The zero-order valence-electron chi connectivity index (χ0n) is 12.6. The maximum atomic E-state index is 12.1. The predicted octanol–water partition coefficient (Wildman–Crippen LogP) is 2.21. The van der Waals surface area contributed by atoms with Gasteiger partial charge >= 0.3 is 0 Å². The quantitative estimate of drug-likeness (QED) is 0.784.